The van der Waals surface area contributed by atoms with Gasteiger partial charge in [0.05, 0.1) is 12.2 Å². The fourth-order valence-corrected chi connectivity index (χ4v) is 3.71. The molecule has 0 aliphatic carbocycles. The van der Waals surface area contributed by atoms with Crippen molar-refractivity contribution in [2.24, 2.45) is 5.92 Å². The number of ether oxygens (including phenoxy) is 1. The minimum absolute atomic E-state index is 0.0791. The van der Waals surface area contributed by atoms with Crippen LogP contribution in [0.3, 0.4) is 0 Å². The van der Waals surface area contributed by atoms with Crippen molar-refractivity contribution in [1.29, 1.82) is 0 Å². The quantitative estimate of drug-likeness (QED) is 0.850. The summed E-state index contributed by atoms with van der Waals surface area (Å²) in [5.74, 6) is 1.38. The van der Waals surface area contributed by atoms with Gasteiger partial charge in [0.15, 0.2) is 0 Å². The van der Waals surface area contributed by atoms with Crippen molar-refractivity contribution < 1.29 is 9.13 Å². The molecule has 0 saturated carbocycles. The van der Waals surface area contributed by atoms with Gasteiger partial charge in [-0.3, -0.25) is 0 Å². The van der Waals surface area contributed by atoms with Gasteiger partial charge in [0, 0.05) is 12.1 Å². The van der Waals surface area contributed by atoms with Crippen molar-refractivity contribution in [1.82, 2.24) is 19.9 Å². The summed E-state index contributed by atoms with van der Waals surface area (Å²) in [6, 6.07) is 8.03. The standard InChI is InChI=1S/C17H21FN4O/c18-6-9-23-15-3-1-2-14(10-15)16-11-22(20-19-16)17-12-21-7-4-13(17)5-8-21/h1-3,10-11,13,17H,4-9,12H2. The Morgan fingerprint density at radius 3 is 2.87 bits per heavy atom. The molecule has 3 fully saturated rings. The number of hydrogen-bond donors (Lipinski definition) is 0. The second kappa shape index (κ2) is 6.28. The predicted octanol–water partition coefficient (Wildman–Crippen LogP) is 2.56. The second-order valence-corrected chi connectivity index (χ2v) is 6.35. The van der Waals surface area contributed by atoms with Gasteiger partial charge in [-0.2, -0.15) is 0 Å². The van der Waals surface area contributed by atoms with Crippen LogP contribution in [0.15, 0.2) is 30.5 Å². The Morgan fingerprint density at radius 2 is 2.13 bits per heavy atom. The summed E-state index contributed by atoms with van der Waals surface area (Å²) < 4.78 is 19.6. The molecule has 2 bridgehead atoms. The molecule has 1 unspecified atom stereocenters. The van der Waals surface area contributed by atoms with E-state index in [1.165, 1.54) is 25.9 Å². The normalized spacial score (nSPS) is 26.4. The van der Waals surface area contributed by atoms with Gasteiger partial charge in [0.2, 0.25) is 0 Å². The monoisotopic (exact) mass is 316 g/mol. The average molecular weight is 316 g/mol. The van der Waals surface area contributed by atoms with Crippen LogP contribution in [0.25, 0.3) is 11.3 Å². The van der Waals surface area contributed by atoms with Crippen LogP contribution >= 0.6 is 0 Å². The van der Waals surface area contributed by atoms with Crippen molar-refractivity contribution in [3.63, 3.8) is 0 Å². The van der Waals surface area contributed by atoms with E-state index in [0.29, 0.717) is 17.7 Å². The molecule has 6 heteroatoms. The van der Waals surface area contributed by atoms with Crippen LogP contribution in [0.4, 0.5) is 4.39 Å². The Labute approximate surface area is 135 Å². The highest BCUT2D eigenvalue weighted by Crippen LogP contribution is 2.35. The van der Waals surface area contributed by atoms with Crippen LogP contribution in [0.1, 0.15) is 18.9 Å². The zero-order valence-corrected chi connectivity index (χ0v) is 13.1. The van der Waals surface area contributed by atoms with Gasteiger partial charge in [0.25, 0.3) is 0 Å². The van der Waals surface area contributed by atoms with Gasteiger partial charge in [0.1, 0.15) is 24.7 Å². The summed E-state index contributed by atoms with van der Waals surface area (Å²) in [5.41, 5.74) is 1.79. The number of rotatable bonds is 5. The van der Waals surface area contributed by atoms with Crippen LogP contribution < -0.4 is 4.74 Å². The van der Waals surface area contributed by atoms with Gasteiger partial charge in [-0.15, -0.1) is 5.10 Å². The number of nitrogens with zero attached hydrogens (tertiary/aromatic N) is 4. The molecular weight excluding hydrogens is 295 g/mol. The van der Waals surface area contributed by atoms with E-state index in [0.717, 1.165) is 17.8 Å². The average Bonchev–Trinajstić information content (AvgIpc) is 3.11. The Kier molecular flexibility index (Phi) is 3.99. The van der Waals surface area contributed by atoms with Gasteiger partial charge in [-0.1, -0.05) is 17.3 Å². The summed E-state index contributed by atoms with van der Waals surface area (Å²) >= 11 is 0. The van der Waals surface area contributed by atoms with Crippen LogP contribution in [-0.2, 0) is 0 Å². The fourth-order valence-electron chi connectivity index (χ4n) is 3.71. The number of aromatic nitrogens is 3. The Hall–Kier alpha value is -1.95. The molecule has 4 heterocycles. The third-order valence-electron chi connectivity index (χ3n) is 4.95. The van der Waals surface area contributed by atoms with Crippen LogP contribution in [0, 0.1) is 5.92 Å². The molecule has 122 valence electrons. The SMILES string of the molecule is FCCOc1cccc(-c2cn(C3CN4CCC3CC4)nn2)c1. The number of benzene rings is 1. The highest BCUT2D eigenvalue weighted by molar-refractivity contribution is 5.59. The third kappa shape index (κ3) is 2.95. The molecule has 1 aromatic heterocycles. The lowest BCUT2D eigenvalue weighted by Crippen LogP contribution is -2.48. The third-order valence-corrected chi connectivity index (χ3v) is 4.95. The van der Waals surface area contributed by atoms with Gasteiger partial charge in [-0.25, -0.2) is 9.07 Å². The summed E-state index contributed by atoms with van der Waals surface area (Å²) in [7, 11) is 0. The van der Waals surface area contributed by atoms with Gasteiger partial charge < -0.3 is 9.64 Å². The van der Waals surface area contributed by atoms with E-state index in [4.69, 9.17) is 4.74 Å². The number of piperidine rings is 3. The lowest BCUT2D eigenvalue weighted by molar-refractivity contribution is 0.0504. The number of alkyl halides is 1. The Morgan fingerprint density at radius 1 is 1.26 bits per heavy atom. The van der Waals surface area contributed by atoms with Gasteiger partial charge >= 0.3 is 0 Å². The second-order valence-electron chi connectivity index (χ2n) is 6.35. The first-order valence-electron chi connectivity index (χ1n) is 8.27. The molecule has 0 spiro atoms. The van der Waals surface area contributed by atoms with E-state index < -0.39 is 6.67 Å². The first-order chi connectivity index (χ1) is 11.3. The number of halogens is 1. The number of fused-ring (bicyclic) bond motifs is 3. The maximum Gasteiger partial charge on any atom is 0.123 e. The Bertz CT molecular complexity index is 666. The molecule has 3 saturated heterocycles. The van der Waals surface area contributed by atoms with Gasteiger partial charge in [-0.05, 0) is 44.0 Å². The summed E-state index contributed by atoms with van der Waals surface area (Å²) in [6.07, 6.45) is 4.54. The molecule has 3 aliphatic heterocycles. The van der Waals surface area contributed by atoms with E-state index in [1.54, 1.807) is 0 Å². The van der Waals surface area contributed by atoms with Crippen LogP contribution in [0.2, 0.25) is 0 Å². The summed E-state index contributed by atoms with van der Waals surface area (Å²) in [6.45, 7) is 3.11. The molecule has 3 aliphatic rings. The van der Waals surface area contributed by atoms with Crippen molar-refractivity contribution in [3.8, 4) is 17.0 Å². The first-order valence-corrected chi connectivity index (χ1v) is 8.27. The largest absolute Gasteiger partial charge is 0.491 e. The van der Waals surface area contributed by atoms with E-state index in [2.05, 4.69) is 15.2 Å². The molecule has 23 heavy (non-hydrogen) atoms. The fraction of sp³-hybridized carbons (Fsp3) is 0.529. The highest BCUT2D eigenvalue weighted by Gasteiger charge is 2.35. The van der Waals surface area contributed by atoms with E-state index in [-0.39, 0.29) is 6.61 Å². The highest BCUT2D eigenvalue weighted by atomic mass is 19.1. The molecule has 1 aromatic carbocycles. The molecule has 5 rings (SSSR count). The molecule has 0 amide bonds. The van der Waals surface area contributed by atoms with Crippen LogP contribution in [-0.4, -0.2) is 52.8 Å². The van der Waals surface area contributed by atoms with Crippen molar-refractivity contribution in [2.75, 3.05) is 32.9 Å². The molecular formula is C17H21FN4O. The Balaban J connectivity index is 1.54. The van der Waals surface area contributed by atoms with E-state index >= 15 is 0 Å². The van der Waals surface area contributed by atoms with Crippen LogP contribution in [0.5, 0.6) is 5.75 Å². The molecule has 0 N–H and O–H groups in total. The number of hydrogen-bond acceptors (Lipinski definition) is 4. The zero-order chi connectivity index (χ0) is 15.6. The maximum absolute atomic E-state index is 12.2. The van der Waals surface area contributed by atoms with Crippen molar-refractivity contribution >= 4 is 0 Å². The first kappa shape index (κ1) is 14.6. The molecule has 5 nitrogen and oxygen atoms in total. The zero-order valence-electron chi connectivity index (χ0n) is 13.1. The minimum atomic E-state index is -0.486. The topological polar surface area (TPSA) is 43.2 Å². The summed E-state index contributed by atoms with van der Waals surface area (Å²) in [5, 5.41) is 8.70. The van der Waals surface area contributed by atoms with E-state index in [1.807, 2.05) is 35.1 Å². The summed E-state index contributed by atoms with van der Waals surface area (Å²) in [4.78, 5) is 2.51. The molecule has 1 atom stereocenters. The molecule has 0 radical (unpaired) electrons. The lowest BCUT2D eigenvalue weighted by atomic mass is 9.84. The molecule has 2 aromatic rings. The van der Waals surface area contributed by atoms with Crippen molar-refractivity contribution in [3.05, 3.63) is 30.5 Å². The predicted molar refractivity (Wildman–Crippen MR) is 85.1 cm³/mol. The maximum atomic E-state index is 12.2. The smallest absolute Gasteiger partial charge is 0.123 e. The van der Waals surface area contributed by atoms with Crippen molar-refractivity contribution in [2.45, 2.75) is 18.9 Å². The minimum Gasteiger partial charge on any atom is -0.491 e. The lowest BCUT2D eigenvalue weighted by Gasteiger charge is -2.44. The van der Waals surface area contributed by atoms with E-state index in [9.17, 15) is 4.39 Å².